The van der Waals surface area contributed by atoms with Crippen molar-refractivity contribution in [3.8, 4) is 0 Å². The number of nitrogens with zero attached hydrogens (tertiary/aromatic N) is 2. The first-order valence-corrected chi connectivity index (χ1v) is 11.6. The van der Waals surface area contributed by atoms with Gasteiger partial charge in [0.25, 0.3) is 0 Å². The molecule has 3 amide bonds. The highest BCUT2D eigenvalue weighted by Gasteiger charge is 2.37. The lowest BCUT2D eigenvalue weighted by Crippen LogP contribution is -2.56. The van der Waals surface area contributed by atoms with Crippen LogP contribution in [0.25, 0.3) is 0 Å². The molecule has 1 heterocycles. The third kappa shape index (κ3) is 8.56. The third-order valence-electron chi connectivity index (χ3n) is 5.70. The first-order chi connectivity index (χ1) is 16.6. The number of benzene rings is 1. The lowest BCUT2D eigenvalue weighted by atomic mass is 10.0. The van der Waals surface area contributed by atoms with Crippen molar-refractivity contribution in [3.05, 3.63) is 35.9 Å². The van der Waals surface area contributed by atoms with Crippen LogP contribution in [0.5, 0.6) is 0 Å². The normalized spacial score (nSPS) is 17.7. The molecule has 1 fully saturated rings. The Morgan fingerprint density at radius 1 is 1.14 bits per heavy atom. The van der Waals surface area contributed by atoms with Gasteiger partial charge >= 0.3 is 5.97 Å². The van der Waals surface area contributed by atoms with Crippen LogP contribution in [0.2, 0.25) is 0 Å². The number of hydrogen-bond acceptors (Lipinski definition) is 6. The number of aliphatic carboxylic acids is 1. The van der Waals surface area contributed by atoms with Gasteiger partial charge in [0.1, 0.15) is 18.1 Å². The highest BCUT2D eigenvalue weighted by Crippen LogP contribution is 2.19. The summed E-state index contributed by atoms with van der Waals surface area (Å²) in [6, 6.07) is 5.16. The van der Waals surface area contributed by atoms with Gasteiger partial charge in [-0.15, -0.1) is 0 Å². The van der Waals surface area contributed by atoms with E-state index in [4.69, 9.17) is 17.2 Å². The SMILES string of the molecule is CC(N)C(=O)N1CCCC1C(=O)NC(CCCN=C(N)N)C(=O)NC(Cc1ccccc1)C(=O)O. The molecule has 1 aromatic carbocycles. The maximum Gasteiger partial charge on any atom is 0.326 e. The minimum Gasteiger partial charge on any atom is -0.480 e. The Bertz CT molecular complexity index is 918. The molecule has 0 radical (unpaired) electrons. The second-order valence-electron chi connectivity index (χ2n) is 8.58. The van der Waals surface area contributed by atoms with Crippen molar-refractivity contribution in [1.29, 1.82) is 0 Å². The molecule has 9 N–H and O–H groups in total. The molecule has 12 heteroatoms. The molecule has 0 aromatic heterocycles. The topological polar surface area (TPSA) is 206 Å². The summed E-state index contributed by atoms with van der Waals surface area (Å²) >= 11 is 0. The number of carboxylic acids is 1. The molecule has 4 unspecified atom stereocenters. The van der Waals surface area contributed by atoms with Crippen LogP contribution in [0.3, 0.4) is 0 Å². The number of guanidine groups is 1. The summed E-state index contributed by atoms with van der Waals surface area (Å²) in [5.74, 6) is -2.77. The number of carboxylic acid groups (broad SMARTS) is 1. The fraction of sp³-hybridized carbons (Fsp3) is 0.522. The molecule has 12 nitrogen and oxygen atoms in total. The number of amides is 3. The van der Waals surface area contributed by atoms with E-state index < -0.39 is 42.0 Å². The predicted octanol–water partition coefficient (Wildman–Crippen LogP) is -1.32. The average Bonchev–Trinajstić information content (AvgIpc) is 3.30. The number of hydrogen-bond donors (Lipinski definition) is 6. The van der Waals surface area contributed by atoms with Crippen molar-refractivity contribution >= 4 is 29.7 Å². The monoisotopic (exact) mass is 489 g/mol. The largest absolute Gasteiger partial charge is 0.480 e. The van der Waals surface area contributed by atoms with Crippen molar-refractivity contribution in [2.24, 2.45) is 22.2 Å². The second kappa shape index (κ2) is 13.3. The van der Waals surface area contributed by atoms with Gasteiger partial charge in [0, 0.05) is 19.5 Å². The van der Waals surface area contributed by atoms with Crippen molar-refractivity contribution < 1.29 is 24.3 Å². The van der Waals surface area contributed by atoms with E-state index in [1.165, 1.54) is 4.90 Å². The highest BCUT2D eigenvalue weighted by atomic mass is 16.4. The predicted molar refractivity (Wildman–Crippen MR) is 130 cm³/mol. The molecular formula is C23H35N7O5. The Balaban J connectivity index is 2.13. The lowest BCUT2D eigenvalue weighted by Gasteiger charge is -2.28. The summed E-state index contributed by atoms with van der Waals surface area (Å²) < 4.78 is 0. The lowest BCUT2D eigenvalue weighted by molar-refractivity contribution is -0.143. The van der Waals surface area contributed by atoms with Crippen molar-refractivity contribution in [3.63, 3.8) is 0 Å². The fourth-order valence-electron chi connectivity index (χ4n) is 3.93. The summed E-state index contributed by atoms with van der Waals surface area (Å²) in [6.45, 7) is 2.18. The molecule has 0 bridgehead atoms. The van der Waals surface area contributed by atoms with Crippen molar-refractivity contribution in [2.75, 3.05) is 13.1 Å². The quantitative estimate of drug-likeness (QED) is 0.118. The molecule has 2 rings (SSSR count). The van der Waals surface area contributed by atoms with Crippen LogP contribution in [0.15, 0.2) is 35.3 Å². The zero-order valence-corrected chi connectivity index (χ0v) is 19.9. The van der Waals surface area contributed by atoms with E-state index >= 15 is 0 Å². The number of rotatable bonds is 12. The molecule has 35 heavy (non-hydrogen) atoms. The molecule has 1 aliphatic rings. The Morgan fingerprint density at radius 2 is 1.83 bits per heavy atom. The van der Waals surface area contributed by atoms with Gasteiger partial charge in [-0.2, -0.15) is 0 Å². The summed E-state index contributed by atoms with van der Waals surface area (Å²) in [4.78, 5) is 55.6. The van der Waals surface area contributed by atoms with E-state index in [9.17, 15) is 24.3 Å². The van der Waals surface area contributed by atoms with Gasteiger partial charge in [0.2, 0.25) is 17.7 Å². The zero-order valence-electron chi connectivity index (χ0n) is 19.9. The molecular weight excluding hydrogens is 454 g/mol. The molecule has 4 atom stereocenters. The number of likely N-dealkylation sites (tertiary alicyclic amines) is 1. The summed E-state index contributed by atoms with van der Waals surface area (Å²) in [5, 5.41) is 14.9. The van der Waals surface area contributed by atoms with Crippen LogP contribution in [0, 0.1) is 0 Å². The Morgan fingerprint density at radius 3 is 2.43 bits per heavy atom. The first-order valence-electron chi connectivity index (χ1n) is 11.6. The van der Waals surface area contributed by atoms with Crippen LogP contribution in [-0.4, -0.2) is 76.9 Å². The first kappa shape index (κ1) is 27.6. The van der Waals surface area contributed by atoms with E-state index in [2.05, 4.69) is 15.6 Å². The number of nitrogens with two attached hydrogens (primary N) is 3. The molecule has 192 valence electrons. The van der Waals surface area contributed by atoms with Crippen LogP contribution < -0.4 is 27.8 Å². The number of carbonyl (C=O) groups is 4. The maximum atomic E-state index is 13.1. The van der Waals surface area contributed by atoms with Gasteiger partial charge in [0.05, 0.1) is 6.04 Å². The minimum atomic E-state index is -1.20. The summed E-state index contributed by atoms with van der Waals surface area (Å²) in [6.07, 6.45) is 1.68. The smallest absolute Gasteiger partial charge is 0.326 e. The number of carbonyl (C=O) groups excluding carboxylic acids is 3. The van der Waals surface area contributed by atoms with E-state index in [0.29, 0.717) is 25.8 Å². The highest BCUT2D eigenvalue weighted by molar-refractivity contribution is 5.94. The van der Waals surface area contributed by atoms with Crippen LogP contribution >= 0.6 is 0 Å². The molecule has 1 aromatic rings. The van der Waals surface area contributed by atoms with Crippen molar-refractivity contribution in [2.45, 2.75) is 63.2 Å². The van der Waals surface area contributed by atoms with Crippen molar-refractivity contribution in [1.82, 2.24) is 15.5 Å². The third-order valence-corrected chi connectivity index (χ3v) is 5.70. The van der Waals surface area contributed by atoms with Gasteiger partial charge in [-0.3, -0.25) is 19.4 Å². The molecule has 0 saturated carbocycles. The van der Waals surface area contributed by atoms with E-state index in [1.807, 2.05) is 6.07 Å². The minimum absolute atomic E-state index is 0.0792. The number of aliphatic imine (C=N–C) groups is 1. The molecule has 0 spiro atoms. The van der Waals surface area contributed by atoms with Gasteiger partial charge in [0.15, 0.2) is 5.96 Å². The molecule has 0 aliphatic carbocycles. The van der Waals surface area contributed by atoms with Crippen LogP contribution in [0.4, 0.5) is 0 Å². The van der Waals surface area contributed by atoms with Gasteiger partial charge in [-0.25, -0.2) is 4.79 Å². The van der Waals surface area contributed by atoms with E-state index in [-0.39, 0.29) is 31.3 Å². The standard InChI is InChI=1S/C23H35N7O5/c1-14(24)21(33)30-12-6-10-18(30)20(32)28-16(9-5-11-27-23(25)26)19(31)29-17(22(34)35)13-15-7-3-2-4-8-15/h2-4,7-8,14,16-18H,5-6,9-13,24H2,1H3,(H,28,32)(H,29,31)(H,34,35)(H4,25,26,27). The van der Waals surface area contributed by atoms with E-state index in [1.54, 1.807) is 31.2 Å². The van der Waals surface area contributed by atoms with Gasteiger partial charge in [-0.05, 0) is 38.2 Å². The maximum absolute atomic E-state index is 13.1. The van der Waals surface area contributed by atoms with Gasteiger partial charge in [-0.1, -0.05) is 30.3 Å². The summed E-state index contributed by atoms with van der Waals surface area (Å²) in [5.41, 5.74) is 17.1. The Kier molecular flexibility index (Phi) is 10.5. The van der Waals surface area contributed by atoms with Gasteiger partial charge < -0.3 is 37.8 Å². The second-order valence-corrected chi connectivity index (χ2v) is 8.58. The van der Waals surface area contributed by atoms with E-state index in [0.717, 1.165) is 5.56 Å². The van der Waals surface area contributed by atoms with Crippen LogP contribution in [-0.2, 0) is 25.6 Å². The number of nitrogens with one attached hydrogen (secondary N) is 2. The Hall–Kier alpha value is -3.67. The zero-order chi connectivity index (χ0) is 26.0. The van der Waals surface area contributed by atoms with Crippen LogP contribution in [0.1, 0.15) is 38.2 Å². The summed E-state index contributed by atoms with van der Waals surface area (Å²) in [7, 11) is 0. The molecule has 1 saturated heterocycles. The average molecular weight is 490 g/mol. The fourth-order valence-corrected chi connectivity index (χ4v) is 3.93. The Labute approximate surface area is 204 Å². The molecule has 1 aliphatic heterocycles.